The zero-order chi connectivity index (χ0) is 16.2. The van der Waals surface area contributed by atoms with Crippen LogP contribution in [0.1, 0.15) is 47.0 Å². The summed E-state index contributed by atoms with van der Waals surface area (Å²) in [4.78, 5) is 12.2. The fourth-order valence-corrected chi connectivity index (χ4v) is 4.08. The predicted octanol–water partition coefficient (Wildman–Crippen LogP) is 3.72. The van der Waals surface area contributed by atoms with Crippen molar-refractivity contribution in [3.63, 3.8) is 0 Å². The lowest BCUT2D eigenvalue weighted by Gasteiger charge is -2.26. The average Bonchev–Trinajstić information content (AvgIpc) is 2.87. The lowest BCUT2D eigenvalue weighted by Crippen LogP contribution is -2.32. The second-order valence-corrected chi connectivity index (χ2v) is 6.99. The van der Waals surface area contributed by atoms with Crippen molar-refractivity contribution in [3.8, 4) is 0 Å². The number of aromatic nitrogens is 1. The maximum Gasteiger partial charge on any atom is 0.230 e. The highest BCUT2D eigenvalue weighted by atomic mass is 32.2. The number of carbonyl (C=O) groups is 1. The monoisotopic (exact) mass is 330 g/mol. The number of nitrogens with zero attached hydrogens (tertiary/aromatic N) is 1. The van der Waals surface area contributed by atoms with Gasteiger partial charge in [-0.2, -0.15) is 0 Å². The minimum atomic E-state index is 0.100. The molecular formula is C18H22N2O2S. The number of hydrogen-bond donors (Lipinski definition) is 1. The molecule has 1 aromatic carbocycles. The zero-order valence-corrected chi connectivity index (χ0v) is 14.4. The minimum Gasteiger partial charge on any atom is -0.361 e. The fourth-order valence-electron chi connectivity index (χ4n) is 3.09. The van der Waals surface area contributed by atoms with Crippen molar-refractivity contribution in [2.24, 2.45) is 0 Å². The summed E-state index contributed by atoms with van der Waals surface area (Å²) in [5.74, 6) is 2.17. The van der Waals surface area contributed by atoms with Gasteiger partial charge in [0.25, 0.3) is 0 Å². The smallest absolute Gasteiger partial charge is 0.230 e. The molecule has 4 nitrogen and oxygen atoms in total. The molecule has 0 spiro atoms. The van der Waals surface area contributed by atoms with E-state index in [1.54, 1.807) is 11.8 Å². The molecule has 122 valence electrons. The number of rotatable bonds is 5. The van der Waals surface area contributed by atoms with Crippen molar-refractivity contribution in [3.05, 3.63) is 52.4 Å². The molecule has 0 aliphatic heterocycles. The van der Waals surface area contributed by atoms with Gasteiger partial charge in [0, 0.05) is 11.3 Å². The number of benzene rings is 1. The lowest BCUT2D eigenvalue weighted by atomic mass is 9.88. The molecule has 0 saturated carbocycles. The molecule has 2 aromatic rings. The second kappa shape index (κ2) is 7.21. The summed E-state index contributed by atoms with van der Waals surface area (Å²) in [7, 11) is 0. The third-order valence-corrected chi connectivity index (χ3v) is 5.32. The van der Waals surface area contributed by atoms with Crippen LogP contribution in [0.15, 0.2) is 28.8 Å². The third-order valence-electron chi connectivity index (χ3n) is 4.37. The van der Waals surface area contributed by atoms with E-state index in [9.17, 15) is 4.79 Å². The standard InChI is InChI=1S/C18H22N2O2S/c1-12-16(13(2)22-20-12)10-23-11-18(21)19-17-9-5-7-14-6-3-4-8-15(14)17/h3-4,6,8,17H,5,7,9-11H2,1-2H3,(H,19,21). The molecular weight excluding hydrogens is 308 g/mol. The quantitative estimate of drug-likeness (QED) is 0.908. The topological polar surface area (TPSA) is 55.1 Å². The van der Waals surface area contributed by atoms with Crippen LogP contribution < -0.4 is 5.32 Å². The van der Waals surface area contributed by atoms with E-state index in [2.05, 4.69) is 34.7 Å². The maximum absolute atomic E-state index is 12.2. The predicted molar refractivity (Wildman–Crippen MR) is 92.4 cm³/mol. The van der Waals surface area contributed by atoms with Gasteiger partial charge in [-0.1, -0.05) is 29.4 Å². The summed E-state index contributed by atoms with van der Waals surface area (Å²) in [5.41, 5.74) is 4.66. The van der Waals surface area contributed by atoms with Crippen LogP contribution in [0.25, 0.3) is 0 Å². The van der Waals surface area contributed by atoms with Crippen LogP contribution in [0.3, 0.4) is 0 Å². The Bertz CT molecular complexity index is 677. The van der Waals surface area contributed by atoms with Crippen LogP contribution in [0.5, 0.6) is 0 Å². The Morgan fingerprint density at radius 1 is 1.39 bits per heavy atom. The van der Waals surface area contributed by atoms with Crippen LogP contribution in [0.2, 0.25) is 0 Å². The Kier molecular flexibility index (Phi) is 5.06. The number of carbonyl (C=O) groups excluding carboxylic acids is 1. The lowest BCUT2D eigenvalue weighted by molar-refractivity contribution is -0.119. The molecule has 1 heterocycles. The van der Waals surface area contributed by atoms with E-state index in [1.807, 2.05) is 13.8 Å². The van der Waals surface area contributed by atoms with Crippen LogP contribution >= 0.6 is 11.8 Å². The summed E-state index contributed by atoms with van der Waals surface area (Å²) in [6, 6.07) is 8.58. The first-order chi connectivity index (χ1) is 11.1. The summed E-state index contributed by atoms with van der Waals surface area (Å²) in [5, 5.41) is 7.13. The van der Waals surface area contributed by atoms with Gasteiger partial charge in [-0.3, -0.25) is 4.79 Å². The van der Waals surface area contributed by atoms with Crippen LogP contribution in [-0.4, -0.2) is 16.8 Å². The normalized spacial score (nSPS) is 16.9. The van der Waals surface area contributed by atoms with E-state index in [0.29, 0.717) is 5.75 Å². The van der Waals surface area contributed by atoms with Crippen molar-refractivity contribution in [1.29, 1.82) is 0 Å². The van der Waals surface area contributed by atoms with Crippen LogP contribution in [0, 0.1) is 13.8 Å². The SMILES string of the molecule is Cc1noc(C)c1CSCC(=O)NC1CCCc2ccccc21. The number of fused-ring (bicyclic) bond motifs is 1. The summed E-state index contributed by atoms with van der Waals surface area (Å²) in [6.45, 7) is 3.85. The molecule has 23 heavy (non-hydrogen) atoms. The van der Waals surface area contributed by atoms with Crippen molar-refractivity contribution >= 4 is 17.7 Å². The molecule has 0 fully saturated rings. The minimum absolute atomic E-state index is 0.100. The molecule has 1 unspecified atom stereocenters. The molecule has 5 heteroatoms. The van der Waals surface area contributed by atoms with Crippen molar-refractivity contribution in [2.45, 2.75) is 44.9 Å². The van der Waals surface area contributed by atoms with Crippen molar-refractivity contribution < 1.29 is 9.32 Å². The molecule has 0 saturated heterocycles. The van der Waals surface area contributed by atoms with Crippen LogP contribution in [-0.2, 0) is 17.0 Å². The van der Waals surface area contributed by atoms with Crippen LogP contribution in [0.4, 0.5) is 0 Å². The van der Waals surface area contributed by atoms with E-state index in [1.165, 1.54) is 11.1 Å². The Balaban J connectivity index is 1.52. The first-order valence-corrected chi connectivity index (χ1v) is 9.17. The number of aryl methyl sites for hydroxylation is 3. The molecule has 3 rings (SSSR count). The second-order valence-electron chi connectivity index (χ2n) is 6.01. The molecule has 1 N–H and O–H groups in total. The fraction of sp³-hybridized carbons (Fsp3) is 0.444. The van der Waals surface area contributed by atoms with E-state index in [-0.39, 0.29) is 11.9 Å². The van der Waals surface area contributed by atoms with Gasteiger partial charge in [0.1, 0.15) is 5.76 Å². The Hall–Kier alpha value is -1.75. The Labute approximate surface area is 141 Å². The highest BCUT2D eigenvalue weighted by Gasteiger charge is 2.21. The average molecular weight is 330 g/mol. The van der Waals surface area contributed by atoms with E-state index >= 15 is 0 Å². The maximum atomic E-state index is 12.2. The number of amides is 1. The summed E-state index contributed by atoms with van der Waals surface area (Å²) >= 11 is 1.61. The number of thioether (sulfide) groups is 1. The summed E-state index contributed by atoms with van der Waals surface area (Å²) < 4.78 is 5.15. The molecule has 0 radical (unpaired) electrons. The molecule has 1 aromatic heterocycles. The van der Waals surface area contributed by atoms with Gasteiger partial charge < -0.3 is 9.84 Å². The Morgan fingerprint density at radius 3 is 3.00 bits per heavy atom. The first kappa shape index (κ1) is 16.1. The highest BCUT2D eigenvalue weighted by molar-refractivity contribution is 7.99. The zero-order valence-electron chi connectivity index (χ0n) is 13.6. The largest absolute Gasteiger partial charge is 0.361 e. The molecule has 1 aliphatic rings. The van der Waals surface area contributed by atoms with Crippen molar-refractivity contribution in [1.82, 2.24) is 10.5 Å². The van der Waals surface area contributed by atoms with Gasteiger partial charge in [0.15, 0.2) is 0 Å². The molecule has 0 bridgehead atoms. The van der Waals surface area contributed by atoms with Gasteiger partial charge >= 0.3 is 0 Å². The molecule has 1 amide bonds. The van der Waals surface area contributed by atoms with Gasteiger partial charge in [0.2, 0.25) is 5.91 Å². The molecule has 1 atom stereocenters. The van der Waals surface area contributed by atoms with Gasteiger partial charge in [-0.25, -0.2) is 0 Å². The van der Waals surface area contributed by atoms with Crippen molar-refractivity contribution in [2.75, 3.05) is 5.75 Å². The molecule has 1 aliphatic carbocycles. The number of hydrogen-bond acceptors (Lipinski definition) is 4. The highest BCUT2D eigenvalue weighted by Crippen LogP contribution is 2.29. The van der Waals surface area contributed by atoms with E-state index in [0.717, 1.165) is 42.0 Å². The van der Waals surface area contributed by atoms with Gasteiger partial charge in [0.05, 0.1) is 17.5 Å². The summed E-state index contributed by atoms with van der Waals surface area (Å²) in [6.07, 6.45) is 3.27. The van der Waals surface area contributed by atoms with Gasteiger partial charge in [-0.15, -0.1) is 11.8 Å². The van der Waals surface area contributed by atoms with E-state index < -0.39 is 0 Å². The van der Waals surface area contributed by atoms with Gasteiger partial charge in [-0.05, 0) is 44.2 Å². The van der Waals surface area contributed by atoms with E-state index in [4.69, 9.17) is 4.52 Å². The Morgan fingerprint density at radius 2 is 2.22 bits per heavy atom. The number of nitrogens with one attached hydrogen (secondary N) is 1. The first-order valence-electron chi connectivity index (χ1n) is 8.02. The third kappa shape index (κ3) is 3.78.